The summed E-state index contributed by atoms with van der Waals surface area (Å²) in [5.41, 5.74) is 12.6. The Morgan fingerprint density at radius 1 is 0.512 bits per heavy atom. The highest BCUT2D eigenvalue weighted by molar-refractivity contribution is 9.11. The lowest BCUT2D eigenvalue weighted by Gasteiger charge is -2.34. The Morgan fingerprint density at radius 2 is 0.907 bits per heavy atom. The maximum Gasteiger partial charge on any atom is 0.150 e. The van der Waals surface area contributed by atoms with Crippen molar-refractivity contribution in [1.29, 1.82) is 0 Å². The lowest BCUT2D eigenvalue weighted by molar-refractivity contribution is 0.666. The van der Waals surface area contributed by atoms with E-state index in [9.17, 15) is 0 Å². The Kier molecular flexibility index (Phi) is 5.28. The van der Waals surface area contributed by atoms with Crippen molar-refractivity contribution >= 4 is 75.7 Å². The predicted octanol–water partition coefficient (Wildman–Crippen LogP) is 12.0. The number of aryl methyl sites for hydroxylation is 2. The average molecular weight is 684 g/mol. The van der Waals surface area contributed by atoms with Gasteiger partial charge in [-0.05, 0) is 103 Å². The van der Waals surface area contributed by atoms with Gasteiger partial charge in [0.1, 0.15) is 22.3 Å². The first kappa shape index (κ1) is 25.4. The summed E-state index contributed by atoms with van der Waals surface area (Å²) in [6, 6.07) is 39.4. The molecular formula is C39H24Br2O2. The Bertz CT molecular complexity index is 2250. The maximum absolute atomic E-state index is 6.56. The number of fused-ring (bicyclic) bond motifs is 11. The van der Waals surface area contributed by atoms with Gasteiger partial charge in [0.15, 0.2) is 0 Å². The van der Waals surface area contributed by atoms with Crippen LogP contribution in [0.5, 0.6) is 0 Å². The zero-order chi connectivity index (χ0) is 29.0. The molecule has 0 N–H and O–H groups in total. The third-order valence-corrected chi connectivity index (χ3v) is 10.4. The Labute approximate surface area is 265 Å². The Morgan fingerprint density at radius 3 is 1.33 bits per heavy atom. The number of hydrogen-bond donors (Lipinski definition) is 0. The molecular weight excluding hydrogens is 660 g/mol. The predicted molar refractivity (Wildman–Crippen MR) is 183 cm³/mol. The van der Waals surface area contributed by atoms with Gasteiger partial charge in [0.2, 0.25) is 0 Å². The minimum atomic E-state index is -0.587. The molecule has 2 nitrogen and oxygen atoms in total. The summed E-state index contributed by atoms with van der Waals surface area (Å²) in [5.74, 6) is 0. The van der Waals surface area contributed by atoms with E-state index < -0.39 is 5.41 Å². The fourth-order valence-corrected chi connectivity index (χ4v) is 8.39. The van der Waals surface area contributed by atoms with Crippen molar-refractivity contribution in [2.75, 3.05) is 0 Å². The van der Waals surface area contributed by atoms with E-state index in [1.54, 1.807) is 0 Å². The first-order valence-corrected chi connectivity index (χ1v) is 16.0. The second kappa shape index (κ2) is 8.95. The van der Waals surface area contributed by atoms with E-state index in [1.807, 2.05) is 12.1 Å². The summed E-state index contributed by atoms with van der Waals surface area (Å²) in [5, 5.41) is 4.45. The standard InChI is InChI=1S/C39H24Br2O2/c1-21-11-15-23(16-12-21)39(24-17-13-22(2)14-18-24)27-19-29(40)37-33(25-7-3-5-9-31(25)42-37)35(27)36-28(39)20-30(41)38-34(36)26-8-4-6-10-32(26)43-38/h3-20H,1-2H3. The first-order chi connectivity index (χ1) is 21.0. The third-order valence-electron chi connectivity index (χ3n) is 9.23. The van der Waals surface area contributed by atoms with Crippen molar-refractivity contribution in [1.82, 2.24) is 0 Å². The van der Waals surface area contributed by atoms with Crippen LogP contribution in [0.4, 0.5) is 0 Å². The summed E-state index contributed by atoms with van der Waals surface area (Å²) in [4.78, 5) is 0. The third kappa shape index (κ3) is 3.28. The molecule has 2 heterocycles. The van der Waals surface area contributed by atoms with Gasteiger partial charge in [-0.25, -0.2) is 0 Å². The van der Waals surface area contributed by atoms with Gasteiger partial charge >= 0.3 is 0 Å². The number of halogens is 2. The van der Waals surface area contributed by atoms with Crippen molar-refractivity contribution < 1.29 is 8.83 Å². The summed E-state index contributed by atoms with van der Waals surface area (Å²) in [6.07, 6.45) is 0. The molecule has 0 fully saturated rings. The zero-order valence-electron chi connectivity index (χ0n) is 23.5. The van der Waals surface area contributed by atoms with E-state index in [1.165, 1.54) is 44.5 Å². The van der Waals surface area contributed by atoms with Gasteiger partial charge in [-0.3, -0.25) is 0 Å². The van der Waals surface area contributed by atoms with Gasteiger partial charge in [0, 0.05) is 21.5 Å². The second-order valence-electron chi connectivity index (χ2n) is 11.6. The molecule has 0 saturated heterocycles. The van der Waals surface area contributed by atoms with Crippen molar-refractivity contribution in [3.63, 3.8) is 0 Å². The molecule has 0 radical (unpaired) electrons. The van der Waals surface area contributed by atoms with Crippen molar-refractivity contribution in [3.8, 4) is 11.1 Å². The van der Waals surface area contributed by atoms with E-state index >= 15 is 0 Å². The fraction of sp³-hybridized carbons (Fsp3) is 0.0769. The van der Waals surface area contributed by atoms with E-state index in [-0.39, 0.29) is 0 Å². The molecule has 0 unspecified atom stereocenters. The molecule has 0 saturated carbocycles. The van der Waals surface area contributed by atoms with Gasteiger partial charge < -0.3 is 8.83 Å². The lowest BCUT2D eigenvalue weighted by atomic mass is 9.67. The molecule has 1 aliphatic rings. The largest absolute Gasteiger partial charge is 0.455 e. The van der Waals surface area contributed by atoms with Gasteiger partial charge in [0.25, 0.3) is 0 Å². The SMILES string of the molecule is Cc1ccc(C2(c3ccc(C)cc3)c3cc(Br)c4oc5ccccc5c4c3-c3c2cc(Br)c2oc4ccccc4c32)cc1. The first-order valence-electron chi connectivity index (χ1n) is 14.4. The van der Waals surface area contributed by atoms with Gasteiger partial charge in [-0.15, -0.1) is 0 Å². The van der Waals surface area contributed by atoms with E-state index in [0.29, 0.717) is 0 Å². The molecule has 0 spiro atoms. The zero-order valence-corrected chi connectivity index (χ0v) is 26.6. The van der Waals surface area contributed by atoms with E-state index in [2.05, 4.69) is 143 Å². The quantitative estimate of drug-likeness (QED) is 0.181. The molecule has 0 bridgehead atoms. The van der Waals surface area contributed by atoms with Crippen molar-refractivity contribution in [2.45, 2.75) is 19.3 Å². The van der Waals surface area contributed by atoms with Gasteiger partial charge in [-0.1, -0.05) is 96.1 Å². The number of furan rings is 2. The summed E-state index contributed by atoms with van der Waals surface area (Å²) in [7, 11) is 0. The van der Waals surface area contributed by atoms with Gasteiger partial charge in [-0.2, -0.15) is 0 Å². The number of benzene rings is 6. The van der Waals surface area contributed by atoms with Crippen LogP contribution in [0, 0.1) is 13.8 Å². The molecule has 6 aromatic carbocycles. The molecule has 0 atom stereocenters. The smallest absolute Gasteiger partial charge is 0.150 e. The molecule has 8 aromatic rings. The Hall–Kier alpha value is -4.12. The Balaban J connectivity index is 1.61. The lowest BCUT2D eigenvalue weighted by Crippen LogP contribution is -2.28. The van der Waals surface area contributed by atoms with Crippen LogP contribution in [-0.2, 0) is 5.41 Å². The van der Waals surface area contributed by atoms with Crippen LogP contribution >= 0.6 is 31.9 Å². The van der Waals surface area contributed by atoms with Crippen LogP contribution in [-0.4, -0.2) is 0 Å². The van der Waals surface area contributed by atoms with Crippen LogP contribution in [0.2, 0.25) is 0 Å². The van der Waals surface area contributed by atoms with E-state index in [0.717, 1.165) is 52.8 Å². The van der Waals surface area contributed by atoms with Gasteiger partial charge in [0.05, 0.1) is 14.4 Å². The van der Waals surface area contributed by atoms with Crippen LogP contribution in [0.3, 0.4) is 0 Å². The number of para-hydroxylation sites is 2. The topological polar surface area (TPSA) is 26.3 Å². The molecule has 1 aliphatic carbocycles. The number of rotatable bonds is 2. The average Bonchev–Trinajstić information content (AvgIpc) is 3.68. The van der Waals surface area contributed by atoms with Crippen LogP contribution in [0.25, 0.3) is 55.0 Å². The van der Waals surface area contributed by atoms with Crippen molar-refractivity contribution in [2.24, 2.45) is 0 Å². The van der Waals surface area contributed by atoms with Crippen LogP contribution < -0.4 is 0 Å². The maximum atomic E-state index is 6.56. The summed E-state index contributed by atoms with van der Waals surface area (Å²) in [6.45, 7) is 4.29. The summed E-state index contributed by atoms with van der Waals surface area (Å²) < 4.78 is 15.0. The summed E-state index contributed by atoms with van der Waals surface area (Å²) >= 11 is 7.94. The second-order valence-corrected chi connectivity index (χ2v) is 13.4. The molecule has 2 aromatic heterocycles. The highest BCUT2D eigenvalue weighted by atomic mass is 79.9. The number of hydrogen-bond acceptors (Lipinski definition) is 2. The molecule has 43 heavy (non-hydrogen) atoms. The monoisotopic (exact) mass is 682 g/mol. The molecule has 4 heteroatoms. The molecule has 206 valence electrons. The van der Waals surface area contributed by atoms with Crippen LogP contribution in [0.15, 0.2) is 127 Å². The minimum Gasteiger partial charge on any atom is -0.455 e. The van der Waals surface area contributed by atoms with E-state index in [4.69, 9.17) is 8.83 Å². The minimum absolute atomic E-state index is 0.587. The fourth-order valence-electron chi connectivity index (χ4n) is 7.37. The molecule has 9 rings (SSSR count). The highest BCUT2D eigenvalue weighted by Crippen LogP contribution is 2.62. The molecule has 0 amide bonds. The van der Waals surface area contributed by atoms with Crippen molar-refractivity contribution in [3.05, 3.63) is 152 Å². The highest BCUT2D eigenvalue weighted by Gasteiger charge is 2.49. The normalized spacial score (nSPS) is 13.8. The van der Waals surface area contributed by atoms with Crippen LogP contribution in [0.1, 0.15) is 33.4 Å². The molecule has 0 aliphatic heterocycles.